The van der Waals surface area contributed by atoms with Crippen molar-refractivity contribution in [3.63, 3.8) is 0 Å². The summed E-state index contributed by atoms with van der Waals surface area (Å²) in [5.74, 6) is 2.71. The smallest absolute Gasteiger partial charge is 0.193 e. The second kappa shape index (κ2) is 8.81. The summed E-state index contributed by atoms with van der Waals surface area (Å²) in [4.78, 5) is 7.23. The molecule has 2 heterocycles. The highest BCUT2D eigenvalue weighted by Gasteiger charge is 2.25. The summed E-state index contributed by atoms with van der Waals surface area (Å²) in [7, 11) is 0. The van der Waals surface area contributed by atoms with Crippen LogP contribution >= 0.6 is 0 Å². The molecular formula is C17H31N5. The van der Waals surface area contributed by atoms with E-state index < -0.39 is 0 Å². The Morgan fingerprint density at radius 3 is 3.00 bits per heavy atom. The van der Waals surface area contributed by atoms with E-state index in [1.807, 2.05) is 23.1 Å². The molecule has 1 aromatic heterocycles. The number of guanidine groups is 1. The van der Waals surface area contributed by atoms with Crippen LogP contribution in [0.2, 0.25) is 0 Å². The van der Waals surface area contributed by atoms with Crippen LogP contribution in [0.4, 0.5) is 0 Å². The number of aromatic nitrogens is 2. The maximum absolute atomic E-state index is 4.80. The number of hydrogen-bond donors (Lipinski definition) is 1. The van der Waals surface area contributed by atoms with Gasteiger partial charge in [0, 0.05) is 45.1 Å². The lowest BCUT2D eigenvalue weighted by Crippen LogP contribution is -2.40. The molecule has 5 heteroatoms. The van der Waals surface area contributed by atoms with Crippen LogP contribution in [-0.2, 0) is 6.54 Å². The van der Waals surface area contributed by atoms with Crippen LogP contribution in [0.3, 0.4) is 0 Å². The Kier molecular flexibility index (Phi) is 6.74. The molecule has 2 rings (SSSR count). The summed E-state index contributed by atoms with van der Waals surface area (Å²) in [5.41, 5.74) is 0. The number of likely N-dealkylation sites (tertiary alicyclic amines) is 1. The summed E-state index contributed by atoms with van der Waals surface area (Å²) >= 11 is 0. The fourth-order valence-electron chi connectivity index (χ4n) is 3.16. The van der Waals surface area contributed by atoms with Crippen molar-refractivity contribution < 1.29 is 0 Å². The van der Waals surface area contributed by atoms with Crippen LogP contribution in [0, 0.1) is 11.8 Å². The van der Waals surface area contributed by atoms with Crippen LogP contribution in [0.25, 0.3) is 0 Å². The minimum Gasteiger partial charge on any atom is -0.357 e. The van der Waals surface area contributed by atoms with Crippen LogP contribution in [-0.4, -0.2) is 46.8 Å². The Balaban J connectivity index is 1.79. The minimum absolute atomic E-state index is 0.790. The van der Waals surface area contributed by atoms with Crippen molar-refractivity contribution in [1.82, 2.24) is 20.0 Å². The van der Waals surface area contributed by atoms with E-state index in [0.29, 0.717) is 0 Å². The number of rotatable bonds is 7. The second-order valence-corrected chi connectivity index (χ2v) is 6.59. The molecule has 124 valence electrons. The van der Waals surface area contributed by atoms with Crippen molar-refractivity contribution in [3.8, 4) is 0 Å². The summed E-state index contributed by atoms with van der Waals surface area (Å²) in [6, 6.07) is 1.96. The van der Waals surface area contributed by atoms with Gasteiger partial charge in [-0.3, -0.25) is 9.67 Å². The standard InChI is InChI=1S/C17H31N5/c1-4-18-17(19-8-5-10-22-11-6-9-20-22)21-12-7-16(14-21)13-15(2)3/h6,9,11,15-16H,4-5,7-8,10,12-14H2,1-3H3,(H,18,19). The van der Waals surface area contributed by atoms with E-state index in [1.165, 1.54) is 12.8 Å². The molecular weight excluding hydrogens is 274 g/mol. The van der Waals surface area contributed by atoms with Crippen LogP contribution in [0.5, 0.6) is 0 Å². The van der Waals surface area contributed by atoms with Crippen molar-refractivity contribution in [1.29, 1.82) is 0 Å². The molecule has 0 aromatic carbocycles. The van der Waals surface area contributed by atoms with Gasteiger partial charge in [0.2, 0.25) is 0 Å². The summed E-state index contributed by atoms with van der Waals surface area (Å²) in [6.45, 7) is 11.8. The summed E-state index contributed by atoms with van der Waals surface area (Å²) in [5, 5.41) is 7.67. The van der Waals surface area contributed by atoms with Crippen molar-refractivity contribution in [2.24, 2.45) is 16.8 Å². The quantitative estimate of drug-likeness (QED) is 0.478. The lowest BCUT2D eigenvalue weighted by atomic mass is 9.97. The molecule has 1 aliphatic heterocycles. The molecule has 1 fully saturated rings. The Hall–Kier alpha value is -1.52. The molecule has 1 unspecified atom stereocenters. The normalized spacial score (nSPS) is 19.2. The van der Waals surface area contributed by atoms with Gasteiger partial charge in [-0.05, 0) is 44.1 Å². The molecule has 0 amide bonds. The van der Waals surface area contributed by atoms with E-state index in [2.05, 4.69) is 36.1 Å². The third-order valence-electron chi connectivity index (χ3n) is 4.09. The first-order valence-corrected chi connectivity index (χ1v) is 8.69. The van der Waals surface area contributed by atoms with Crippen molar-refractivity contribution in [2.75, 3.05) is 26.2 Å². The molecule has 1 N–H and O–H groups in total. The second-order valence-electron chi connectivity index (χ2n) is 6.59. The van der Waals surface area contributed by atoms with E-state index in [1.54, 1.807) is 0 Å². The monoisotopic (exact) mass is 305 g/mol. The number of nitrogens with zero attached hydrogens (tertiary/aromatic N) is 4. The summed E-state index contributed by atoms with van der Waals surface area (Å²) < 4.78 is 1.97. The van der Waals surface area contributed by atoms with Gasteiger partial charge in [0.05, 0.1) is 0 Å². The van der Waals surface area contributed by atoms with Crippen LogP contribution in [0.15, 0.2) is 23.5 Å². The average molecular weight is 305 g/mol. The van der Waals surface area contributed by atoms with E-state index in [4.69, 9.17) is 4.99 Å². The fraction of sp³-hybridized carbons (Fsp3) is 0.765. The molecule has 1 saturated heterocycles. The molecule has 0 saturated carbocycles. The van der Waals surface area contributed by atoms with Gasteiger partial charge in [0.1, 0.15) is 0 Å². The van der Waals surface area contributed by atoms with Crippen LogP contribution < -0.4 is 5.32 Å². The first-order chi connectivity index (χ1) is 10.7. The van der Waals surface area contributed by atoms with Crippen molar-refractivity contribution in [3.05, 3.63) is 18.5 Å². The molecule has 5 nitrogen and oxygen atoms in total. The number of hydrogen-bond acceptors (Lipinski definition) is 2. The van der Waals surface area contributed by atoms with E-state index in [9.17, 15) is 0 Å². The fourth-order valence-corrected chi connectivity index (χ4v) is 3.16. The maximum atomic E-state index is 4.80. The first kappa shape index (κ1) is 16.8. The zero-order chi connectivity index (χ0) is 15.8. The first-order valence-electron chi connectivity index (χ1n) is 8.69. The summed E-state index contributed by atoms with van der Waals surface area (Å²) in [6.07, 6.45) is 7.49. The highest BCUT2D eigenvalue weighted by Crippen LogP contribution is 2.23. The third-order valence-corrected chi connectivity index (χ3v) is 4.09. The Labute approximate surface area is 134 Å². The van der Waals surface area contributed by atoms with Gasteiger partial charge in [-0.1, -0.05) is 13.8 Å². The molecule has 0 radical (unpaired) electrons. The zero-order valence-corrected chi connectivity index (χ0v) is 14.3. The Bertz CT molecular complexity index is 438. The van der Waals surface area contributed by atoms with E-state index in [0.717, 1.165) is 56.9 Å². The predicted molar refractivity (Wildman–Crippen MR) is 92.0 cm³/mol. The average Bonchev–Trinajstić information content (AvgIpc) is 3.13. The zero-order valence-electron chi connectivity index (χ0n) is 14.3. The lowest BCUT2D eigenvalue weighted by Gasteiger charge is -2.22. The number of aliphatic imine (C=N–C) groups is 1. The van der Waals surface area contributed by atoms with Gasteiger partial charge < -0.3 is 10.2 Å². The Morgan fingerprint density at radius 2 is 2.32 bits per heavy atom. The van der Waals surface area contributed by atoms with Crippen molar-refractivity contribution in [2.45, 2.75) is 46.6 Å². The molecule has 1 atom stereocenters. The molecule has 0 aliphatic carbocycles. The highest BCUT2D eigenvalue weighted by atomic mass is 15.3. The lowest BCUT2D eigenvalue weighted by molar-refractivity contribution is 0.403. The molecule has 1 aliphatic rings. The molecule has 0 bridgehead atoms. The maximum Gasteiger partial charge on any atom is 0.193 e. The number of nitrogens with one attached hydrogen (secondary N) is 1. The van der Waals surface area contributed by atoms with Gasteiger partial charge in [-0.15, -0.1) is 0 Å². The third kappa shape index (κ3) is 5.35. The highest BCUT2D eigenvalue weighted by molar-refractivity contribution is 5.80. The van der Waals surface area contributed by atoms with Gasteiger partial charge in [-0.2, -0.15) is 5.10 Å². The van der Waals surface area contributed by atoms with Gasteiger partial charge >= 0.3 is 0 Å². The molecule has 22 heavy (non-hydrogen) atoms. The van der Waals surface area contributed by atoms with Crippen LogP contribution in [0.1, 0.15) is 40.0 Å². The topological polar surface area (TPSA) is 45.5 Å². The number of aryl methyl sites for hydroxylation is 1. The minimum atomic E-state index is 0.790. The SMILES string of the molecule is CCNC(=NCCCn1cccn1)N1CCC(CC(C)C)C1. The van der Waals surface area contributed by atoms with Gasteiger partial charge in [0.25, 0.3) is 0 Å². The van der Waals surface area contributed by atoms with Gasteiger partial charge in [-0.25, -0.2) is 0 Å². The largest absolute Gasteiger partial charge is 0.357 e. The Morgan fingerprint density at radius 1 is 1.45 bits per heavy atom. The molecule has 1 aromatic rings. The predicted octanol–water partition coefficient (Wildman–Crippen LogP) is 2.61. The van der Waals surface area contributed by atoms with E-state index in [-0.39, 0.29) is 0 Å². The van der Waals surface area contributed by atoms with Crippen molar-refractivity contribution >= 4 is 5.96 Å². The molecule has 0 spiro atoms. The van der Waals surface area contributed by atoms with E-state index >= 15 is 0 Å². The van der Waals surface area contributed by atoms with Gasteiger partial charge in [0.15, 0.2) is 5.96 Å².